The fourth-order valence-electron chi connectivity index (χ4n) is 2.92. The summed E-state index contributed by atoms with van der Waals surface area (Å²) in [7, 11) is 0. The molecule has 21 heavy (non-hydrogen) atoms. The normalized spacial score (nSPS) is 11.0. The highest BCUT2D eigenvalue weighted by molar-refractivity contribution is 5.91. The molecule has 0 unspecified atom stereocenters. The van der Waals surface area contributed by atoms with E-state index in [2.05, 4.69) is 91.3 Å². The highest BCUT2D eigenvalue weighted by atomic mass is 14.1. The second kappa shape index (κ2) is 5.06. The van der Waals surface area contributed by atoms with Crippen molar-refractivity contribution in [3.8, 4) is 0 Å². The van der Waals surface area contributed by atoms with Crippen LogP contribution < -0.4 is 0 Å². The Bertz CT molecular complexity index is 831. The fraction of sp³-hybridized carbons (Fsp3) is 0. The Morgan fingerprint density at radius 3 is 1.38 bits per heavy atom. The summed E-state index contributed by atoms with van der Waals surface area (Å²) in [6.45, 7) is 0. The Hall–Kier alpha value is -2.60. The maximum absolute atomic E-state index is 2.28. The minimum absolute atomic E-state index is 1.27. The summed E-state index contributed by atoms with van der Waals surface area (Å²) in [5.41, 5.74) is 2.54. The van der Waals surface area contributed by atoms with E-state index in [0.29, 0.717) is 0 Å². The molecule has 0 aliphatic heterocycles. The third kappa shape index (κ3) is 2.19. The van der Waals surface area contributed by atoms with Crippen molar-refractivity contribution in [1.82, 2.24) is 0 Å². The molecule has 0 aliphatic rings. The molecule has 4 aromatic carbocycles. The fourth-order valence-corrected chi connectivity index (χ4v) is 2.92. The minimum atomic E-state index is 1.27. The molecule has 0 spiro atoms. The standard InChI is InChI=1S/C21H15/c1-3-13-20-16(7-1)9-5-11-18(20)15-19-12-6-10-17-8-2-4-14-21(17)19/h1-15H. The third-order valence-electron chi connectivity index (χ3n) is 3.96. The lowest BCUT2D eigenvalue weighted by molar-refractivity contribution is 1.50. The summed E-state index contributed by atoms with van der Waals surface area (Å²) in [4.78, 5) is 0. The molecule has 0 atom stereocenters. The van der Waals surface area contributed by atoms with Crippen molar-refractivity contribution < 1.29 is 0 Å². The van der Waals surface area contributed by atoms with E-state index in [1.807, 2.05) is 0 Å². The maximum Gasteiger partial charge on any atom is 0.0211 e. The SMILES string of the molecule is [CH](c1cccc2ccccc12)c1cccc2ccccc12. The van der Waals surface area contributed by atoms with E-state index in [1.165, 1.54) is 32.7 Å². The Morgan fingerprint density at radius 2 is 0.857 bits per heavy atom. The van der Waals surface area contributed by atoms with Crippen molar-refractivity contribution in [3.63, 3.8) is 0 Å². The Labute approximate surface area is 124 Å². The van der Waals surface area contributed by atoms with Gasteiger partial charge in [0.15, 0.2) is 0 Å². The summed E-state index contributed by atoms with van der Waals surface area (Å²) in [6, 6.07) is 30.0. The second-order valence-electron chi connectivity index (χ2n) is 5.28. The quantitative estimate of drug-likeness (QED) is 0.444. The molecule has 1 radical (unpaired) electrons. The maximum atomic E-state index is 2.28. The summed E-state index contributed by atoms with van der Waals surface area (Å²) in [5.74, 6) is 0. The molecule has 0 bridgehead atoms. The Balaban J connectivity index is 1.87. The Kier molecular flexibility index (Phi) is 2.93. The molecule has 0 aliphatic carbocycles. The molecule has 0 heterocycles. The zero-order valence-corrected chi connectivity index (χ0v) is 11.7. The first-order valence-corrected chi connectivity index (χ1v) is 7.22. The molecule has 0 N–H and O–H groups in total. The first-order chi connectivity index (χ1) is 10.4. The van der Waals surface area contributed by atoms with Crippen molar-refractivity contribution >= 4 is 21.5 Å². The molecule has 0 fully saturated rings. The topological polar surface area (TPSA) is 0 Å². The van der Waals surface area contributed by atoms with E-state index < -0.39 is 0 Å². The van der Waals surface area contributed by atoms with Crippen LogP contribution in [0.2, 0.25) is 0 Å². The van der Waals surface area contributed by atoms with Crippen LogP contribution in [0.3, 0.4) is 0 Å². The van der Waals surface area contributed by atoms with Crippen LogP contribution in [-0.2, 0) is 0 Å². The molecule has 99 valence electrons. The van der Waals surface area contributed by atoms with Crippen molar-refractivity contribution in [1.29, 1.82) is 0 Å². The summed E-state index contributed by atoms with van der Waals surface area (Å²) < 4.78 is 0. The lowest BCUT2D eigenvalue weighted by atomic mass is 9.95. The predicted octanol–water partition coefficient (Wildman–Crippen LogP) is 5.59. The van der Waals surface area contributed by atoms with Gasteiger partial charge < -0.3 is 0 Å². The van der Waals surface area contributed by atoms with E-state index >= 15 is 0 Å². The number of benzene rings is 4. The van der Waals surface area contributed by atoms with Gasteiger partial charge in [-0.1, -0.05) is 84.9 Å². The molecule has 0 nitrogen and oxygen atoms in total. The van der Waals surface area contributed by atoms with E-state index in [4.69, 9.17) is 0 Å². The van der Waals surface area contributed by atoms with Gasteiger partial charge in [0, 0.05) is 6.42 Å². The van der Waals surface area contributed by atoms with Crippen LogP contribution in [0.5, 0.6) is 0 Å². The van der Waals surface area contributed by atoms with Crippen molar-refractivity contribution in [3.05, 3.63) is 102 Å². The van der Waals surface area contributed by atoms with Crippen LogP contribution in [0, 0.1) is 6.42 Å². The van der Waals surface area contributed by atoms with E-state index in [9.17, 15) is 0 Å². The molecule has 4 aromatic rings. The van der Waals surface area contributed by atoms with Gasteiger partial charge in [-0.25, -0.2) is 0 Å². The molecule has 0 heteroatoms. The van der Waals surface area contributed by atoms with Gasteiger partial charge in [0.1, 0.15) is 0 Å². The highest BCUT2D eigenvalue weighted by Gasteiger charge is 2.05. The minimum Gasteiger partial charge on any atom is -0.0616 e. The van der Waals surface area contributed by atoms with Crippen molar-refractivity contribution in [2.24, 2.45) is 0 Å². The monoisotopic (exact) mass is 267 g/mol. The van der Waals surface area contributed by atoms with Gasteiger partial charge in [0.2, 0.25) is 0 Å². The Morgan fingerprint density at radius 1 is 0.429 bits per heavy atom. The second-order valence-corrected chi connectivity index (χ2v) is 5.28. The average Bonchev–Trinajstić information content (AvgIpc) is 2.56. The smallest absolute Gasteiger partial charge is 0.0211 e. The van der Waals surface area contributed by atoms with Crippen LogP contribution in [0.4, 0.5) is 0 Å². The van der Waals surface area contributed by atoms with E-state index in [-0.39, 0.29) is 0 Å². The zero-order valence-electron chi connectivity index (χ0n) is 11.7. The average molecular weight is 267 g/mol. The molecule has 0 amide bonds. The molecule has 0 saturated carbocycles. The number of hydrogen-bond acceptors (Lipinski definition) is 0. The van der Waals surface area contributed by atoms with Crippen LogP contribution in [0.15, 0.2) is 84.9 Å². The van der Waals surface area contributed by atoms with Gasteiger partial charge in [-0.2, -0.15) is 0 Å². The van der Waals surface area contributed by atoms with Crippen molar-refractivity contribution in [2.45, 2.75) is 0 Å². The van der Waals surface area contributed by atoms with Gasteiger partial charge in [0.05, 0.1) is 0 Å². The van der Waals surface area contributed by atoms with Crippen LogP contribution in [0.1, 0.15) is 11.1 Å². The number of hydrogen-bond donors (Lipinski definition) is 0. The number of rotatable bonds is 2. The summed E-state index contributed by atoms with van der Waals surface area (Å²) >= 11 is 0. The first-order valence-electron chi connectivity index (χ1n) is 7.22. The lowest BCUT2D eigenvalue weighted by Gasteiger charge is -2.09. The highest BCUT2D eigenvalue weighted by Crippen LogP contribution is 2.26. The lowest BCUT2D eigenvalue weighted by Crippen LogP contribution is -1.89. The van der Waals surface area contributed by atoms with Crippen molar-refractivity contribution in [2.75, 3.05) is 0 Å². The summed E-state index contributed by atoms with van der Waals surface area (Å²) in [5, 5.41) is 5.17. The molecule has 0 aromatic heterocycles. The van der Waals surface area contributed by atoms with Crippen LogP contribution in [-0.4, -0.2) is 0 Å². The molecular weight excluding hydrogens is 252 g/mol. The molecular formula is C21H15. The molecule has 4 rings (SSSR count). The zero-order chi connectivity index (χ0) is 14.1. The van der Waals surface area contributed by atoms with Gasteiger partial charge >= 0.3 is 0 Å². The van der Waals surface area contributed by atoms with E-state index in [1.54, 1.807) is 0 Å². The van der Waals surface area contributed by atoms with Crippen LogP contribution in [0.25, 0.3) is 21.5 Å². The largest absolute Gasteiger partial charge is 0.0616 e. The first kappa shape index (κ1) is 12.2. The van der Waals surface area contributed by atoms with Gasteiger partial charge in [-0.05, 0) is 32.7 Å². The van der Waals surface area contributed by atoms with Gasteiger partial charge in [0.25, 0.3) is 0 Å². The van der Waals surface area contributed by atoms with Crippen LogP contribution >= 0.6 is 0 Å². The summed E-state index contributed by atoms with van der Waals surface area (Å²) in [6.07, 6.45) is 2.28. The van der Waals surface area contributed by atoms with Gasteiger partial charge in [-0.3, -0.25) is 0 Å². The van der Waals surface area contributed by atoms with Gasteiger partial charge in [-0.15, -0.1) is 0 Å². The van der Waals surface area contributed by atoms with E-state index in [0.717, 1.165) is 0 Å². The number of fused-ring (bicyclic) bond motifs is 2. The third-order valence-corrected chi connectivity index (χ3v) is 3.96. The molecule has 0 saturated heterocycles. The predicted molar refractivity (Wildman–Crippen MR) is 90.4 cm³/mol.